The molecule has 5 nitrogen and oxygen atoms in total. The summed E-state index contributed by atoms with van der Waals surface area (Å²) in [5.41, 5.74) is 3.12. The van der Waals surface area contributed by atoms with Crippen LogP contribution >= 0.6 is 0 Å². The van der Waals surface area contributed by atoms with Crippen molar-refractivity contribution >= 4 is 16.8 Å². The van der Waals surface area contributed by atoms with Gasteiger partial charge in [0, 0.05) is 47.8 Å². The molecule has 4 heterocycles. The highest BCUT2D eigenvalue weighted by Gasteiger charge is 2.45. The fraction of sp³-hybridized carbons (Fsp3) is 0.545. The van der Waals surface area contributed by atoms with E-state index in [0.717, 1.165) is 13.0 Å². The molecular formula is C33H43N3O2. The Morgan fingerprint density at radius 2 is 1.66 bits per heavy atom. The van der Waals surface area contributed by atoms with Crippen molar-refractivity contribution in [3.05, 3.63) is 71.9 Å². The van der Waals surface area contributed by atoms with Crippen LogP contribution in [0.15, 0.2) is 60.7 Å². The molecule has 0 N–H and O–H groups in total. The van der Waals surface area contributed by atoms with Crippen molar-refractivity contribution < 1.29 is 9.53 Å². The van der Waals surface area contributed by atoms with Gasteiger partial charge in [0.05, 0.1) is 13.2 Å². The van der Waals surface area contributed by atoms with Crippen molar-refractivity contribution in [2.45, 2.75) is 83.5 Å². The number of ether oxygens (including phenoxy) is 1. The van der Waals surface area contributed by atoms with E-state index >= 15 is 0 Å². The van der Waals surface area contributed by atoms with Gasteiger partial charge in [-0.3, -0.25) is 9.69 Å². The van der Waals surface area contributed by atoms with Crippen LogP contribution in [0.1, 0.15) is 70.2 Å². The molecule has 0 radical (unpaired) electrons. The molecule has 1 aromatic heterocycles. The van der Waals surface area contributed by atoms with Crippen molar-refractivity contribution in [1.29, 1.82) is 0 Å². The summed E-state index contributed by atoms with van der Waals surface area (Å²) in [6.07, 6.45) is 5.91. The summed E-state index contributed by atoms with van der Waals surface area (Å²) in [7, 11) is 0. The summed E-state index contributed by atoms with van der Waals surface area (Å²) >= 11 is 0. The van der Waals surface area contributed by atoms with Crippen LogP contribution in [0.3, 0.4) is 0 Å². The van der Waals surface area contributed by atoms with Gasteiger partial charge in [-0.1, -0.05) is 69.3 Å². The van der Waals surface area contributed by atoms with Crippen LogP contribution in [0.4, 0.5) is 0 Å². The van der Waals surface area contributed by atoms with Gasteiger partial charge in [-0.2, -0.15) is 0 Å². The number of carbonyl (C=O) groups excluding carboxylic acids is 1. The Morgan fingerprint density at radius 3 is 2.37 bits per heavy atom. The maximum atomic E-state index is 13.3. The van der Waals surface area contributed by atoms with E-state index in [-0.39, 0.29) is 11.3 Å². The molecule has 5 heteroatoms. The third-order valence-electron chi connectivity index (χ3n) is 9.35. The molecule has 3 aromatic rings. The second-order valence-corrected chi connectivity index (χ2v) is 12.9. The van der Waals surface area contributed by atoms with Crippen LogP contribution in [0, 0.1) is 12.3 Å². The average Bonchev–Trinajstić information content (AvgIpc) is 3.37. The Labute approximate surface area is 227 Å². The first-order chi connectivity index (χ1) is 18.2. The van der Waals surface area contributed by atoms with Gasteiger partial charge < -0.3 is 14.2 Å². The number of para-hydroxylation sites is 1. The van der Waals surface area contributed by atoms with Crippen LogP contribution in [-0.4, -0.2) is 58.6 Å². The third kappa shape index (κ3) is 4.58. The van der Waals surface area contributed by atoms with Gasteiger partial charge in [-0.25, -0.2) is 0 Å². The normalized spacial score (nSPS) is 28.2. The number of amides is 1. The lowest BCUT2D eigenvalue weighted by Crippen LogP contribution is -2.55. The minimum Gasteiger partial charge on any atom is -0.367 e. The molecule has 1 amide bonds. The number of nitrogens with zero attached hydrogens (tertiary/aromatic N) is 3. The first-order valence-corrected chi connectivity index (χ1v) is 14.6. The van der Waals surface area contributed by atoms with Gasteiger partial charge in [0.25, 0.3) is 0 Å². The van der Waals surface area contributed by atoms with E-state index in [9.17, 15) is 4.79 Å². The first kappa shape index (κ1) is 25.6. The topological polar surface area (TPSA) is 37.7 Å². The average molecular weight is 514 g/mol. The first-order valence-electron chi connectivity index (χ1n) is 14.6. The molecule has 3 aliphatic heterocycles. The third-order valence-corrected chi connectivity index (χ3v) is 9.35. The second-order valence-electron chi connectivity index (χ2n) is 12.9. The molecule has 3 fully saturated rings. The highest BCUT2D eigenvalue weighted by atomic mass is 16.5. The van der Waals surface area contributed by atoms with E-state index in [1.807, 2.05) is 20.8 Å². The molecule has 3 saturated heterocycles. The number of morpholine rings is 1. The number of rotatable bonds is 5. The van der Waals surface area contributed by atoms with Crippen molar-refractivity contribution in [3.63, 3.8) is 0 Å². The number of fused-ring (bicyclic) bond motifs is 3. The molecule has 0 spiro atoms. The summed E-state index contributed by atoms with van der Waals surface area (Å²) < 4.78 is 9.26. The van der Waals surface area contributed by atoms with Crippen LogP contribution in [0.2, 0.25) is 0 Å². The summed E-state index contributed by atoms with van der Waals surface area (Å²) in [6.45, 7) is 11.2. The van der Waals surface area contributed by atoms with Crippen LogP contribution in [0.25, 0.3) is 10.9 Å². The number of carbonyl (C=O) groups is 1. The van der Waals surface area contributed by atoms with Crippen LogP contribution < -0.4 is 0 Å². The van der Waals surface area contributed by atoms with E-state index < -0.39 is 5.60 Å². The lowest BCUT2D eigenvalue weighted by molar-refractivity contribution is -0.162. The molecule has 4 atom stereocenters. The number of aryl methyl sites for hydroxylation is 1. The fourth-order valence-corrected chi connectivity index (χ4v) is 7.57. The minimum absolute atomic E-state index is 0.219. The molecule has 0 aliphatic carbocycles. The summed E-state index contributed by atoms with van der Waals surface area (Å²) in [4.78, 5) is 18.1. The summed E-state index contributed by atoms with van der Waals surface area (Å²) in [6, 6.07) is 23.6. The monoisotopic (exact) mass is 513 g/mol. The zero-order valence-electron chi connectivity index (χ0n) is 23.5. The number of piperidine rings is 1. The van der Waals surface area contributed by atoms with Gasteiger partial charge in [-0.15, -0.1) is 0 Å². The Morgan fingerprint density at radius 1 is 0.974 bits per heavy atom. The van der Waals surface area contributed by atoms with Gasteiger partial charge in [-0.05, 0) is 62.1 Å². The molecular weight excluding hydrogens is 470 g/mol. The summed E-state index contributed by atoms with van der Waals surface area (Å²) in [5, 5.41) is 1.35. The standard InChI is InChI=1S/C33H43N3O2/c1-24-20-25-10-8-9-13-30(25)36(24)29-21-27-14-15-28(22-29)35(27)17-16-33(26-11-6-5-7-12-26)23-34(18-19-38-33)31(37)32(2,3)4/h5-13,20,27-29H,14-19,21-23H2,1-4H3/t27-,28+,29?,33?. The molecule has 3 aliphatic rings. The number of hydrogen-bond acceptors (Lipinski definition) is 3. The zero-order chi connectivity index (χ0) is 26.5. The maximum Gasteiger partial charge on any atom is 0.228 e. The second kappa shape index (κ2) is 9.84. The van der Waals surface area contributed by atoms with Gasteiger partial charge >= 0.3 is 0 Å². The van der Waals surface area contributed by atoms with Crippen molar-refractivity contribution in [2.24, 2.45) is 5.41 Å². The molecule has 0 saturated carbocycles. The maximum absolute atomic E-state index is 13.3. The molecule has 2 aromatic carbocycles. The van der Waals surface area contributed by atoms with Gasteiger partial charge in [0.1, 0.15) is 5.60 Å². The quantitative estimate of drug-likeness (QED) is 0.401. The largest absolute Gasteiger partial charge is 0.367 e. The highest BCUT2D eigenvalue weighted by molar-refractivity contribution is 5.82. The van der Waals surface area contributed by atoms with E-state index in [4.69, 9.17) is 4.74 Å². The zero-order valence-corrected chi connectivity index (χ0v) is 23.5. The molecule has 6 rings (SSSR count). The smallest absolute Gasteiger partial charge is 0.228 e. The highest BCUT2D eigenvalue weighted by Crippen LogP contribution is 2.44. The number of benzene rings is 2. The minimum atomic E-state index is -0.454. The number of hydrogen-bond donors (Lipinski definition) is 0. The van der Waals surface area contributed by atoms with Crippen molar-refractivity contribution in [3.8, 4) is 0 Å². The van der Waals surface area contributed by atoms with Crippen LogP contribution in [0.5, 0.6) is 0 Å². The SMILES string of the molecule is Cc1cc2ccccc2n1C1C[C@H]2CC[C@@H](C1)N2CCC1(c2ccccc2)CN(C(=O)C(C)(C)C)CCO1. The van der Waals surface area contributed by atoms with Gasteiger partial charge in [0.15, 0.2) is 0 Å². The molecule has 38 heavy (non-hydrogen) atoms. The molecule has 2 unspecified atom stereocenters. The van der Waals surface area contributed by atoms with E-state index in [1.54, 1.807) is 0 Å². The van der Waals surface area contributed by atoms with Crippen LogP contribution in [-0.2, 0) is 15.1 Å². The predicted octanol–water partition coefficient (Wildman–Crippen LogP) is 6.31. The Balaban J connectivity index is 1.21. The van der Waals surface area contributed by atoms with Crippen molar-refractivity contribution in [2.75, 3.05) is 26.2 Å². The molecule has 2 bridgehead atoms. The Hall–Kier alpha value is -2.63. The lowest BCUT2D eigenvalue weighted by Gasteiger charge is -2.47. The summed E-state index contributed by atoms with van der Waals surface area (Å²) in [5.74, 6) is 0.219. The van der Waals surface area contributed by atoms with E-state index in [2.05, 4.69) is 82.0 Å². The Kier molecular flexibility index (Phi) is 6.64. The fourth-order valence-electron chi connectivity index (χ4n) is 7.57. The van der Waals surface area contributed by atoms with E-state index in [0.29, 0.717) is 37.8 Å². The lowest BCUT2D eigenvalue weighted by atomic mass is 9.85. The van der Waals surface area contributed by atoms with Gasteiger partial charge in [0.2, 0.25) is 5.91 Å². The predicted molar refractivity (Wildman–Crippen MR) is 153 cm³/mol. The Bertz CT molecular complexity index is 1280. The number of aromatic nitrogens is 1. The molecule has 202 valence electrons. The van der Waals surface area contributed by atoms with Crippen molar-refractivity contribution in [1.82, 2.24) is 14.4 Å². The van der Waals surface area contributed by atoms with E-state index in [1.165, 1.54) is 47.8 Å².